The van der Waals surface area contributed by atoms with E-state index in [9.17, 15) is 4.79 Å². The predicted octanol–water partition coefficient (Wildman–Crippen LogP) is 3.52. The van der Waals surface area contributed by atoms with E-state index in [1.165, 1.54) is 0 Å². The van der Waals surface area contributed by atoms with Gasteiger partial charge >= 0.3 is 0 Å². The molecule has 2 aromatic rings. The van der Waals surface area contributed by atoms with Gasteiger partial charge in [0.2, 0.25) is 0 Å². The van der Waals surface area contributed by atoms with E-state index in [4.69, 9.17) is 0 Å². The lowest BCUT2D eigenvalue weighted by Crippen LogP contribution is -2.29. The Morgan fingerprint density at radius 1 is 0.944 bits per heavy atom. The third kappa shape index (κ3) is 2.59. The first kappa shape index (κ1) is 12.4. The Hall–Kier alpha value is -2.09. The summed E-state index contributed by atoms with van der Waals surface area (Å²) in [5.41, 5.74) is 1.87. The van der Waals surface area contributed by atoms with Crippen LogP contribution in [0.15, 0.2) is 60.7 Å². The summed E-state index contributed by atoms with van der Waals surface area (Å²) < 4.78 is 0. The van der Waals surface area contributed by atoms with Crippen molar-refractivity contribution in [3.05, 3.63) is 71.8 Å². The summed E-state index contributed by atoms with van der Waals surface area (Å²) in [5, 5.41) is 0. The Balaban J connectivity index is 2.17. The minimum Gasteiger partial charge on any atom is -0.335 e. The molecule has 2 aromatic carbocycles. The molecule has 0 N–H and O–H groups in total. The van der Waals surface area contributed by atoms with E-state index in [1.54, 1.807) is 4.90 Å². The monoisotopic (exact) mass is 239 g/mol. The number of amides is 1. The minimum atomic E-state index is 0.0481. The molecule has 18 heavy (non-hydrogen) atoms. The van der Waals surface area contributed by atoms with Gasteiger partial charge in [0.25, 0.3) is 5.91 Å². The maximum absolute atomic E-state index is 12.3. The van der Waals surface area contributed by atoms with Gasteiger partial charge in [-0.25, -0.2) is 0 Å². The molecule has 0 saturated heterocycles. The fraction of sp³-hybridized carbons (Fsp3) is 0.188. The zero-order valence-electron chi connectivity index (χ0n) is 10.7. The Bertz CT molecular complexity index is 507. The van der Waals surface area contributed by atoms with E-state index < -0.39 is 0 Å². The maximum atomic E-state index is 12.3. The molecular weight excluding hydrogens is 222 g/mol. The molecule has 1 amide bonds. The lowest BCUT2D eigenvalue weighted by molar-refractivity contribution is 0.0742. The summed E-state index contributed by atoms with van der Waals surface area (Å²) in [6, 6.07) is 19.5. The van der Waals surface area contributed by atoms with Gasteiger partial charge in [-0.05, 0) is 24.6 Å². The summed E-state index contributed by atoms with van der Waals surface area (Å²) in [6.07, 6.45) is 0. The van der Waals surface area contributed by atoms with Crippen molar-refractivity contribution in [1.29, 1.82) is 0 Å². The number of rotatable bonds is 3. The predicted molar refractivity (Wildman–Crippen MR) is 73.4 cm³/mol. The summed E-state index contributed by atoms with van der Waals surface area (Å²) in [6.45, 7) is 2.04. The molecule has 2 nitrogen and oxygen atoms in total. The van der Waals surface area contributed by atoms with Gasteiger partial charge in [0.15, 0.2) is 0 Å². The van der Waals surface area contributed by atoms with Gasteiger partial charge < -0.3 is 4.90 Å². The second kappa shape index (κ2) is 5.50. The van der Waals surface area contributed by atoms with Gasteiger partial charge in [-0.2, -0.15) is 0 Å². The fourth-order valence-electron chi connectivity index (χ4n) is 1.92. The highest BCUT2D eigenvalue weighted by atomic mass is 16.2. The van der Waals surface area contributed by atoms with Crippen LogP contribution in [0, 0.1) is 0 Å². The largest absolute Gasteiger partial charge is 0.335 e. The second-order valence-corrected chi connectivity index (χ2v) is 4.37. The molecule has 0 saturated carbocycles. The summed E-state index contributed by atoms with van der Waals surface area (Å²) in [4.78, 5) is 14.1. The number of benzene rings is 2. The number of nitrogens with zero attached hydrogens (tertiary/aromatic N) is 1. The van der Waals surface area contributed by atoms with E-state index >= 15 is 0 Å². The minimum absolute atomic E-state index is 0.0481. The zero-order chi connectivity index (χ0) is 13.0. The molecule has 0 heterocycles. The van der Waals surface area contributed by atoms with Gasteiger partial charge in [0.1, 0.15) is 0 Å². The Kier molecular flexibility index (Phi) is 3.78. The SMILES string of the molecule is C[C@@H](c1ccccc1)N(C)C(=O)c1ccccc1. The number of carbonyl (C=O) groups excluding carboxylic acids is 1. The molecule has 0 fully saturated rings. The topological polar surface area (TPSA) is 20.3 Å². The van der Waals surface area contributed by atoms with Crippen molar-refractivity contribution < 1.29 is 4.79 Å². The molecule has 0 aliphatic rings. The first-order valence-corrected chi connectivity index (χ1v) is 6.07. The molecule has 2 rings (SSSR count). The van der Waals surface area contributed by atoms with Crippen molar-refractivity contribution in [3.63, 3.8) is 0 Å². The molecule has 0 radical (unpaired) electrons. The van der Waals surface area contributed by atoms with Crippen LogP contribution in [0.2, 0.25) is 0 Å². The second-order valence-electron chi connectivity index (χ2n) is 4.37. The highest BCUT2D eigenvalue weighted by Gasteiger charge is 2.18. The highest BCUT2D eigenvalue weighted by Crippen LogP contribution is 2.20. The van der Waals surface area contributed by atoms with Crippen LogP contribution in [0.25, 0.3) is 0 Å². The molecule has 2 heteroatoms. The lowest BCUT2D eigenvalue weighted by Gasteiger charge is -2.25. The van der Waals surface area contributed by atoms with Crippen LogP contribution in [0.3, 0.4) is 0 Å². The van der Waals surface area contributed by atoms with E-state index in [1.807, 2.05) is 74.6 Å². The maximum Gasteiger partial charge on any atom is 0.254 e. The summed E-state index contributed by atoms with van der Waals surface area (Å²) >= 11 is 0. The average molecular weight is 239 g/mol. The Morgan fingerprint density at radius 2 is 1.44 bits per heavy atom. The van der Waals surface area contributed by atoms with E-state index in [0.717, 1.165) is 11.1 Å². The van der Waals surface area contributed by atoms with E-state index in [0.29, 0.717) is 0 Å². The van der Waals surface area contributed by atoms with Gasteiger partial charge in [-0.15, -0.1) is 0 Å². The Morgan fingerprint density at radius 3 is 2.00 bits per heavy atom. The smallest absolute Gasteiger partial charge is 0.254 e. The quantitative estimate of drug-likeness (QED) is 0.802. The third-order valence-electron chi connectivity index (χ3n) is 3.20. The van der Waals surface area contributed by atoms with Crippen molar-refractivity contribution in [3.8, 4) is 0 Å². The number of carbonyl (C=O) groups is 1. The summed E-state index contributed by atoms with van der Waals surface area (Å²) in [5.74, 6) is 0.0481. The zero-order valence-corrected chi connectivity index (χ0v) is 10.7. The van der Waals surface area contributed by atoms with Crippen LogP contribution in [-0.2, 0) is 0 Å². The third-order valence-corrected chi connectivity index (χ3v) is 3.20. The Labute approximate surface area is 108 Å². The van der Waals surface area contributed by atoms with E-state index in [-0.39, 0.29) is 11.9 Å². The van der Waals surface area contributed by atoms with Crippen molar-refractivity contribution in [2.75, 3.05) is 7.05 Å². The van der Waals surface area contributed by atoms with Gasteiger partial charge in [-0.1, -0.05) is 48.5 Å². The van der Waals surface area contributed by atoms with Gasteiger partial charge in [0.05, 0.1) is 6.04 Å². The van der Waals surface area contributed by atoms with Crippen LogP contribution < -0.4 is 0 Å². The summed E-state index contributed by atoms with van der Waals surface area (Å²) in [7, 11) is 1.84. The molecule has 0 aliphatic heterocycles. The first-order chi connectivity index (χ1) is 8.70. The van der Waals surface area contributed by atoms with Crippen LogP contribution in [-0.4, -0.2) is 17.9 Å². The van der Waals surface area contributed by atoms with Gasteiger partial charge in [0, 0.05) is 12.6 Å². The highest BCUT2D eigenvalue weighted by molar-refractivity contribution is 5.94. The molecular formula is C16H17NO. The molecule has 0 aliphatic carbocycles. The first-order valence-electron chi connectivity index (χ1n) is 6.07. The van der Waals surface area contributed by atoms with Crippen molar-refractivity contribution in [2.45, 2.75) is 13.0 Å². The number of hydrogen-bond donors (Lipinski definition) is 0. The average Bonchev–Trinajstić information content (AvgIpc) is 2.47. The normalized spacial score (nSPS) is 11.9. The van der Waals surface area contributed by atoms with Crippen LogP contribution in [0.1, 0.15) is 28.9 Å². The number of hydrogen-bond acceptors (Lipinski definition) is 1. The molecule has 1 atom stereocenters. The van der Waals surface area contributed by atoms with Crippen molar-refractivity contribution in [1.82, 2.24) is 4.90 Å². The molecule has 0 aromatic heterocycles. The standard InChI is InChI=1S/C16H17NO/c1-13(14-9-5-3-6-10-14)17(2)16(18)15-11-7-4-8-12-15/h3-13H,1-2H3/t13-/m0/s1. The molecule has 0 bridgehead atoms. The van der Waals surface area contributed by atoms with Crippen LogP contribution in [0.5, 0.6) is 0 Å². The molecule has 0 spiro atoms. The van der Waals surface area contributed by atoms with E-state index in [2.05, 4.69) is 0 Å². The molecule has 92 valence electrons. The van der Waals surface area contributed by atoms with Crippen LogP contribution >= 0.6 is 0 Å². The van der Waals surface area contributed by atoms with Crippen molar-refractivity contribution >= 4 is 5.91 Å². The lowest BCUT2D eigenvalue weighted by atomic mass is 10.1. The van der Waals surface area contributed by atoms with Gasteiger partial charge in [-0.3, -0.25) is 4.79 Å². The van der Waals surface area contributed by atoms with Crippen LogP contribution in [0.4, 0.5) is 0 Å². The fourth-order valence-corrected chi connectivity index (χ4v) is 1.92. The van der Waals surface area contributed by atoms with Crippen molar-refractivity contribution in [2.24, 2.45) is 0 Å². The molecule has 0 unspecified atom stereocenters.